The first kappa shape index (κ1) is 15.7. The summed E-state index contributed by atoms with van der Waals surface area (Å²) in [6, 6.07) is 7.08. The molecule has 0 saturated heterocycles. The first-order chi connectivity index (χ1) is 9.95. The summed E-state index contributed by atoms with van der Waals surface area (Å²) in [5.41, 5.74) is 1.59. The van der Waals surface area contributed by atoms with Gasteiger partial charge in [0.25, 0.3) is 0 Å². The highest BCUT2D eigenvalue weighted by atomic mass is 35.5. The molecule has 1 aromatic carbocycles. The van der Waals surface area contributed by atoms with Crippen LogP contribution in [0.15, 0.2) is 30.5 Å². The smallest absolute Gasteiger partial charge is 0.223 e. The largest absolute Gasteiger partial charge is 0.439 e. The Bertz CT molecular complexity index is 632. The summed E-state index contributed by atoms with van der Waals surface area (Å²) in [6.45, 7) is 6.43. The molecular formula is C16H18ClFN2O. The number of aryl methyl sites for hydroxylation is 1. The molecule has 0 atom stereocenters. The van der Waals surface area contributed by atoms with Crippen molar-refractivity contribution in [1.29, 1.82) is 0 Å². The summed E-state index contributed by atoms with van der Waals surface area (Å²) in [7, 11) is 0. The number of nitrogens with one attached hydrogen (secondary N) is 1. The summed E-state index contributed by atoms with van der Waals surface area (Å²) < 4.78 is 19.1. The third-order valence-electron chi connectivity index (χ3n) is 2.94. The van der Waals surface area contributed by atoms with Gasteiger partial charge in [0.05, 0.1) is 6.20 Å². The second kappa shape index (κ2) is 6.87. The van der Waals surface area contributed by atoms with Crippen LogP contribution in [-0.2, 0) is 6.54 Å². The third kappa shape index (κ3) is 4.41. The molecule has 0 amide bonds. The fourth-order valence-electron chi connectivity index (χ4n) is 1.79. The van der Waals surface area contributed by atoms with Gasteiger partial charge in [-0.05, 0) is 36.8 Å². The molecule has 0 saturated carbocycles. The summed E-state index contributed by atoms with van der Waals surface area (Å²) in [4.78, 5) is 4.03. The van der Waals surface area contributed by atoms with Crippen LogP contribution in [0.25, 0.3) is 0 Å². The lowest BCUT2D eigenvalue weighted by molar-refractivity contribution is 0.445. The normalized spacial score (nSPS) is 11.0. The molecule has 1 aromatic heterocycles. The van der Waals surface area contributed by atoms with Gasteiger partial charge < -0.3 is 10.1 Å². The number of hydrogen-bond acceptors (Lipinski definition) is 3. The van der Waals surface area contributed by atoms with Crippen molar-refractivity contribution in [2.24, 2.45) is 0 Å². The summed E-state index contributed by atoms with van der Waals surface area (Å²) in [5.74, 6) is 0.642. The van der Waals surface area contributed by atoms with Gasteiger partial charge in [-0.25, -0.2) is 9.37 Å². The molecule has 1 heterocycles. The third-order valence-corrected chi connectivity index (χ3v) is 3.36. The molecule has 0 fully saturated rings. The highest BCUT2D eigenvalue weighted by Gasteiger charge is 2.10. The van der Waals surface area contributed by atoms with E-state index >= 15 is 0 Å². The lowest BCUT2D eigenvalue weighted by Crippen LogP contribution is -2.22. The van der Waals surface area contributed by atoms with Gasteiger partial charge in [-0.2, -0.15) is 0 Å². The predicted molar refractivity (Wildman–Crippen MR) is 82.4 cm³/mol. The Morgan fingerprint density at radius 3 is 2.76 bits per heavy atom. The molecule has 1 N–H and O–H groups in total. The van der Waals surface area contributed by atoms with Gasteiger partial charge in [-0.1, -0.05) is 25.4 Å². The van der Waals surface area contributed by atoms with Crippen molar-refractivity contribution in [2.45, 2.75) is 33.4 Å². The van der Waals surface area contributed by atoms with E-state index in [0.29, 0.717) is 34.8 Å². The van der Waals surface area contributed by atoms with E-state index < -0.39 is 0 Å². The predicted octanol–water partition coefficient (Wildman–Crippen LogP) is 4.47. The Kier molecular flexibility index (Phi) is 5.15. The van der Waals surface area contributed by atoms with Gasteiger partial charge in [0.1, 0.15) is 11.6 Å². The van der Waals surface area contributed by atoms with Gasteiger partial charge in [-0.3, -0.25) is 0 Å². The standard InChI is InChI=1S/C16H18ClFN2O/c1-10(2)19-8-12-7-13(18)9-20-16(12)21-14-4-5-15(17)11(3)6-14/h4-7,9-10,19H,8H2,1-3H3. The van der Waals surface area contributed by atoms with Gasteiger partial charge in [0, 0.05) is 23.2 Å². The van der Waals surface area contributed by atoms with Crippen LogP contribution in [0.1, 0.15) is 25.0 Å². The first-order valence-electron chi connectivity index (χ1n) is 6.77. The molecule has 21 heavy (non-hydrogen) atoms. The van der Waals surface area contributed by atoms with Gasteiger partial charge in [0.2, 0.25) is 5.88 Å². The fourth-order valence-corrected chi connectivity index (χ4v) is 1.91. The molecule has 0 spiro atoms. The molecule has 0 unspecified atom stereocenters. The van der Waals surface area contributed by atoms with Crippen LogP contribution in [0.4, 0.5) is 4.39 Å². The van der Waals surface area contributed by atoms with E-state index in [1.165, 1.54) is 6.07 Å². The highest BCUT2D eigenvalue weighted by molar-refractivity contribution is 6.31. The average molecular weight is 309 g/mol. The number of pyridine rings is 1. The van der Waals surface area contributed by atoms with Crippen LogP contribution in [0.3, 0.4) is 0 Å². The molecule has 2 aromatic rings. The van der Waals surface area contributed by atoms with E-state index in [0.717, 1.165) is 11.8 Å². The number of hydrogen-bond donors (Lipinski definition) is 1. The Morgan fingerprint density at radius 1 is 1.33 bits per heavy atom. The van der Waals surface area contributed by atoms with Crippen molar-refractivity contribution in [3.63, 3.8) is 0 Å². The fraction of sp³-hybridized carbons (Fsp3) is 0.312. The number of aromatic nitrogens is 1. The minimum Gasteiger partial charge on any atom is -0.439 e. The summed E-state index contributed by atoms with van der Waals surface area (Å²) >= 11 is 5.99. The Balaban J connectivity index is 2.23. The molecular weight excluding hydrogens is 291 g/mol. The first-order valence-corrected chi connectivity index (χ1v) is 7.15. The zero-order valence-electron chi connectivity index (χ0n) is 12.3. The van der Waals surface area contributed by atoms with Gasteiger partial charge >= 0.3 is 0 Å². The second-order valence-electron chi connectivity index (χ2n) is 5.17. The van der Waals surface area contributed by atoms with E-state index in [1.807, 2.05) is 26.8 Å². The Labute approximate surface area is 129 Å². The van der Waals surface area contributed by atoms with E-state index in [1.54, 1.807) is 12.1 Å². The topological polar surface area (TPSA) is 34.1 Å². The van der Waals surface area contributed by atoms with Crippen molar-refractivity contribution < 1.29 is 9.13 Å². The minimum absolute atomic E-state index is 0.291. The summed E-state index contributed by atoms with van der Waals surface area (Å²) in [5, 5.41) is 3.90. The Morgan fingerprint density at radius 2 is 2.10 bits per heavy atom. The number of ether oxygens (including phenoxy) is 1. The molecule has 5 heteroatoms. The van der Waals surface area contributed by atoms with Crippen LogP contribution in [-0.4, -0.2) is 11.0 Å². The van der Waals surface area contributed by atoms with Crippen LogP contribution in [0, 0.1) is 12.7 Å². The average Bonchev–Trinajstić information content (AvgIpc) is 2.43. The SMILES string of the molecule is Cc1cc(Oc2ncc(F)cc2CNC(C)C)ccc1Cl. The molecule has 0 bridgehead atoms. The lowest BCUT2D eigenvalue weighted by Gasteiger charge is -2.13. The van der Waals surface area contributed by atoms with E-state index in [2.05, 4.69) is 10.3 Å². The maximum absolute atomic E-state index is 13.4. The number of halogens is 2. The van der Waals surface area contributed by atoms with Crippen molar-refractivity contribution in [2.75, 3.05) is 0 Å². The zero-order chi connectivity index (χ0) is 15.4. The van der Waals surface area contributed by atoms with Crippen LogP contribution < -0.4 is 10.1 Å². The second-order valence-corrected chi connectivity index (χ2v) is 5.57. The number of rotatable bonds is 5. The van der Waals surface area contributed by atoms with Crippen molar-refractivity contribution in [1.82, 2.24) is 10.3 Å². The lowest BCUT2D eigenvalue weighted by atomic mass is 10.2. The molecule has 0 aliphatic carbocycles. The number of benzene rings is 1. The monoisotopic (exact) mass is 308 g/mol. The van der Waals surface area contributed by atoms with Gasteiger partial charge in [0.15, 0.2) is 0 Å². The maximum Gasteiger partial charge on any atom is 0.223 e. The number of nitrogens with zero attached hydrogens (tertiary/aromatic N) is 1. The van der Waals surface area contributed by atoms with Crippen LogP contribution in [0.5, 0.6) is 11.6 Å². The van der Waals surface area contributed by atoms with Crippen molar-refractivity contribution in [3.05, 3.63) is 52.4 Å². The highest BCUT2D eigenvalue weighted by Crippen LogP contribution is 2.27. The molecule has 2 rings (SSSR count). The van der Waals surface area contributed by atoms with Gasteiger partial charge in [-0.15, -0.1) is 0 Å². The Hall–Kier alpha value is -1.65. The summed E-state index contributed by atoms with van der Waals surface area (Å²) in [6.07, 6.45) is 1.15. The zero-order valence-corrected chi connectivity index (χ0v) is 13.0. The molecule has 0 aliphatic heterocycles. The van der Waals surface area contributed by atoms with Crippen LogP contribution in [0.2, 0.25) is 5.02 Å². The molecule has 112 valence electrons. The molecule has 0 aliphatic rings. The van der Waals surface area contributed by atoms with E-state index in [-0.39, 0.29) is 5.82 Å². The quantitative estimate of drug-likeness (QED) is 0.884. The van der Waals surface area contributed by atoms with E-state index in [9.17, 15) is 4.39 Å². The minimum atomic E-state index is -0.379. The van der Waals surface area contributed by atoms with Crippen molar-refractivity contribution in [3.8, 4) is 11.6 Å². The molecule has 0 radical (unpaired) electrons. The molecule has 3 nitrogen and oxygen atoms in total. The van der Waals surface area contributed by atoms with E-state index in [4.69, 9.17) is 16.3 Å². The maximum atomic E-state index is 13.4. The van der Waals surface area contributed by atoms with Crippen molar-refractivity contribution >= 4 is 11.6 Å². The van der Waals surface area contributed by atoms with Crippen LogP contribution >= 0.6 is 11.6 Å².